The first kappa shape index (κ1) is 34.6. The van der Waals surface area contributed by atoms with Crippen LogP contribution in [0.15, 0.2) is 60.7 Å². The molecule has 0 unspecified atom stereocenters. The van der Waals surface area contributed by atoms with Gasteiger partial charge in [0.25, 0.3) is 0 Å². The van der Waals surface area contributed by atoms with Crippen molar-refractivity contribution in [3.8, 4) is 0 Å². The van der Waals surface area contributed by atoms with Gasteiger partial charge in [-0.05, 0) is 17.5 Å². The summed E-state index contributed by atoms with van der Waals surface area (Å²) in [7, 11) is 2.00. The quantitative estimate of drug-likeness (QED) is 0.639. The van der Waals surface area contributed by atoms with Crippen molar-refractivity contribution in [1.82, 2.24) is 0 Å². The molecule has 0 spiro atoms. The fourth-order valence-corrected chi connectivity index (χ4v) is 1.43. The molecular weight excluding hydrogens is 308 g/mol. The van der Waals surface area contributed by atoms with Gasteiger partial charge in [0, 0.05) is 14.2 Å². The summed E-state index contributed by atoms with van der Waals surface area (Å²) < 4.78 is 0. The van der Waals surface area contributed by atoms with E-state index >= 15 is 0 Å². The average molecular weight is 353 g/mol. The minimum absolute atomic E-state index is 1.00. The highest BCUT2D eigenvalue weighted by molar-refractivity contribution is 5.25. The Morgan fingerprint density at radius 2 is 0.640 bits per heavy atom. The molecule has 0 atom stereocenters. The number of aliphatic hydroxyl groups is 2. The van der Waals surface area contributed by atoms with Crippen LogP contribution in [0, 0.1) is 0 Å². The summed E-state index contributed by atoms with van der Waals surface area (Å²) >= 11 is 0. The third-order valence-electron chi connectivity index (χ3n) is 2.09. The van der Waals surface area contributed by atoms with Gasteiger partial charge in [-0.15, -0.1) is 0 Å². The number of benzene rings is 2. The van der Waals surface area contributed by atoms with E-state index in [9.17, 15) is 0 Å². The molecule has 25 heavy (non-hydrogen) atoms. The van der Waals surface area contributed by atoms with Gasteiger partial charge in [0.05, 0.1) is 0 Å². The van der Waals surface area contributed by atoms with Crippen LogP contribution in [0.3, 0.4) is 0 Å². The zero-order valence-electron chi connectivity index (χ0n) is 18.4. The van der Waals surface area contributed by atoms with Crippen LogP contribution < -0.4 is 0 Å². The second kappa shape index (κ2) is 43.2. The highest BCUT2D eigenvalue weighted by atomic mass is 16.2. The Hall–Kier alpha value is -1.64. The first-order chi connectivity index (χ1) is 12.4. The lowest BCUT2D eigenvalue weighted by Crippen LogP contribution is -1.85. The number of aliphatic hydroxyl groups excluding tert-OH is 2. The molecule has 0 saturated heterocycles. The normalized spacial score (nSPS) is 6.56. The monoisotopic (exact) mass is 352 g/mol. The lowest BCUT2D eigenvalue weighted by Gasteiger charge is -2.00. The lowest BCUT2D eigenvalue weighted by molar-refractivity contribution is 0.399. The first-order valence-electron chi connectivity index (χ1n) is 9.42. The highest BCUT2D eigenvalue weighted by Gasteiger charge is 1.92. The van der Waals surface area contributed by atoms with Crippen molar-refractivity contribution in [2.45, 2.75) is 61.8 Å². The number of hydrogen-bond donors (Lipinski definition) is 2. The van der Waals surface area contributed by atoms with E-state index in [0.29, 0.717) is 0 Å². The summed E-state index contributed by atoms with van der Waals surface area (Å²) in [4.78, 5) is 0. The van der Waals surface area contributed by atoms with Crippen molar-refractivity contribution >= 4 is 0 Å². The Morgan fingerprint density at radius 1 is 0.440 bits per heavy atom. The van der Waals surface area contributed by atoms with Crippen molar-refractivity contribution in [3.05, 3.63) is 71.8 Å². The van der Waals surface area contributed by atoms with Gasteiger partial charge in [-0.25, -0.2) is 0 Å². The number of hydrogen-bond acceptors (Lipinski definition) is 2. The molecule has 0 aliphatic rings. The Balaban J connectivity index is -0.0000000952. The topological polar surface area (TPSA) is 40.5 Å². The Bertz CT molecular complexity index is 321. The SMILES string of the molecule is CC.CC.CC.CC.CO.CO.c1ccc(Cc2ccccc2)cc1. The summed E-state index contributed by atoms with van der Waals surface area (Å²) in [6.07, 6.45) is 1.03. The van der Waals surface area contributed by atoms with Crippen molar-refractivity contribution < 1.29 is 10.2 Å². The van der Waals surface area contributed by atoms with Crippen molar-refractivity contribution in [2.75, 3.05) is 14.2 Å². The van der Waals surface area contributed by atoms with Gasteiger partial charge in [0.15, 0.2) is 0 Å². The van der Waals surface area contributed by atoms with Crippen molar-refractivity contribution in [1.29, 1.82) is 0 Å². The molecule has 0 radical (unpaired) electrons. The minimum Gasteiger partial charge on any atom is -0.400 e. The molecule has 2 aromatic carbocycles. The summed E-state index contributed by atoms with van der Waals surface area (Å²) in [6, 6.07) is 21.1. The zero-order valence-corrected chi connectivity index (χ0v) is 18.4. The van der Waals surface area contributed by atoms with Gasteiger partial charge in [0.2, 0.25) is 0 Å². The predicted octanol–water partition coefficient (Wildman–Crippen LogP) is 6.60. The van der Waals surface area contributed by atoms with Crippen LogP contribution in [0.1, 0.15) is 66.5 Å². The molecule has 148 valence electrons. The Morgan fingerprint density at radius 3 is 0.840 bits per heavy atom. The molecule has 0 bridgehead atoms. The van der Waals surface area contributed by atoms with Crippen molar-refractivity contribution in [3.63, 3.8) is 0 Å². The largest absolute Gasteiger partial charge is 0.400 e. The molecule has 0 aliphatic carbocycles. The predicted molar refractivity (Wildman–Crippen MR) is 117 cm³/mol. The Kier molecular flexibility index (Phi) is 59.9. The van der Waals surface area contributed by atoms with E-state index in [-0.39, 0.29) is 0 Å². The van der Waals surface area contributed by atoms with E-state index in [1.54, 1.807) is 0 Å². The molecule has 0 saturated carbocycles. The molecular formula is C23H44O2. The summed E-state index contributed by atoms with van der Waals surface area (Å²) in [5.74, 6) is 0. The van der Waals surface area contributed by atoms with Gasteiger partial charge in [-0.1, -0.05) is 116 Å². The first-order valence-corrected chi connectivity index (χ1v) is 9.42. The summed E-state index contributed by atoms with van der Waals surface area (Å²) in [5.41, 5.74) is 2.74. The molecule has 0 aromatic heterocycles. The summed E-state index contributed by atoms with van der Waals surface area (Å²) in [6.45, 7) is 16.0. The number of rotatable bonds is 2. The van der Waals surface area contributed by atoms with Gasteiger partial charge < -0.3 is 10.2 Å². The molecule has 2 N–H and O–H groups in total. The van der Waals surface area contributed by atoms with E-state index < -0.39 is 0 Å². The fraction of sp³-hybridized carbons (Fsp3) is 0.478. The van der Waals surface area contributed by atoms with E-state index in [2.05, 4.69) is 60.7 Å². The van der Waals surface area contributed by atoms with E-state index in [1.807, 2.05) is 55.4 Å². The van der Waals surface area contributed by atoms with Crippen LogP contribution in [-0.2, 0) is 6.42 Å². The van der Waals surface area contributed by atoms with Gasteiger partial charge in [-0.2, -0.15) is 0 Å². The fourth-order valence-electron chi connectivity index (χ4n) is 1.43. The van der Waals surface area contributed by atoms with Gasteiger partial charge in [-0.3, -0.25) is 0 Å². The molecule has 0 fully saturated rings. The van der Waals surface area contributed by atoms with Crippen LogP contribution in [0.25, 0.3) is 0 Å². The van der Waals surface area contributed by atoms with E-state index in [4.69, 9.17) is 10.2 Å². The molecule has 2 nitrogen and oxygen atoms in total. The highest BCUT2D eigenvalue weighted by Crippen LogP contribution is 2.07. The van der Waals surface area contributed by atoms with Gasteiger partial charge >= 0.3 is 0 Å². The molecule has 2 heteroatoms. The van der Waals surface area contributed by atoms with Crippen LogP contribution in [-0.4, -0.2) is 24.4 Å². The zero-order chi connectivity index (χ0) is 20.9. The molecule has 0 aliphatic heterocycles. The lowest BCUT2D eigenvalue weighted by atomic mass is 10.1. The van der Waals surface area contributed by atoms with Crippen molar-refractivity contribution in [2.24, 2.45) is 0 Å². The standard InChI is InChI=1S/C13H12.4C2H6.2CH4O/c1-3-7-12(8-4-1)11-13-9-5-2-6-10-13;6*1-2/h1-10H,11H2;4*1-2H3;2*2H,1H3. The second-order valence-electron chi connectivity index (χ2n) is 3.15. The van der Waals surface area contributed by atoms with Crippen LogP contribution in [0.2, 0.25) is 0 Å². The summed E-state index contributed by atoms with van der Waals surface area (Å²) in [5, 5.41) is 14.0. The molecule has 0 heterocycles. The maximum Gasteiger partial charge on any atom is 0.0319 e. The van der Waals surface area contributed by atoms with E-state index in [1.165, 1.54) is 11.1 Å². The molecule has 2 aromatic rings. The average Bonchev–Trinajstić information content (AvgIpc) is 2.78. The van der Waals surface area contributed by atoms with E-state index in [0.717, 1.165) is 20.6 Å². The van der Waals surface area contributed by atoms with Crippen LogP contribution in [0.5, 0.6) is 0 Å². The Labute approximate surface area is 158 Å². The second-order valence-corrected chi connectivity index (χ2v) is 3.15. The minimum atomic E-state index is 1.00. The van der Waals surface area contributed by atoms with Crippen LogP contribution >= 0.6 is 0 Å². The van der Waals surface area contributed by atoms with Crippen LogP contribution in [0.4, 0.5) is 0 Å². The maximum atomic E-state index is 7.00. The molecule has 0 amide bonds. The van der Waals surface area contributed by atoms with Gasteiger partial charge in [0.1, 0.15) is 0 Å². The molecule has 2 rings (SSSR count). The smallest absolute Gasteiger partial charge is 0.0319 e. The maximum absolute atomic E-state index is 7.00. The third kappa shape index (κ3) is 27.5. The third-order valence-corrected chi connectivity index (χ3v) is 2.09.